The van der Waals surface area contributed by atoms with Crippen LogP contribution in [0.1, 0.15) is 0 Å². The second-order valence-corrected chi connectivity index (χ2v) is 4.73. The molecule has 4 rings (SSSR count). The Balaban J connectivity index is 1.65. The lowest BCUT2D eigenvalue weighted by molar-refractivity contribution is 0.489. The number of aromatic nitrogens is 6. The van der Waals surface area contributed by atoms with E-state index in [1.54, 1.807) is 9.36 Å². The van der Waals surface area contributed by atoms with Crippen LogP contribution in [0.25, 0.3) is 22.3 Å². The second kappa shape index (κ2) is 4.82. The molecule has 0 bridgehead atoms. The van der Waals surface area contributed by atoms with Gasteiger partial charge in [0.1, 0.15) is 17.9 Å². The zero-order valence-corrected chi connectivity index (χ0v) is 11.2. The van der Waals surface area contributed by atoms with Crippen LogP contribution in [-0.4, -0.2) is 30.0 Å². The molecule has 0 fully saturated rings. The van der Waals surface area contributed by atoms with Crippen LogP contribution in [0.5, 0.6) is 0 Å². The predicted molar refractivity (Wildman–Crippen MR) is 78.4 cm³/mol. The summed E-state index contributed by atoms with van der Waals surface area (Å²) in [5.74, 6) is 0. The van der Waals surface area contributed by atoms with Gasteiger partial charge in [0.15, 0.2) is 0 Å². The molecule has 0 atom stereocenters. The number of nitrogens with zero attached hydrogens (tertiary/aromatic N) is 6. The Bertz CT molecular complexity index is 877. The van der Waals surface area contributed by atoms with Gasteiger partial charge in [0, 0.05) is 5.56 Å². The van der Waals surface area contributed by atoms with Crippen molar-refractivity contribution in [3.05, 3.63) is 60.8 Å². The van der Waals surface area contributed by atoms with Crippen LogP contribution in [0.3, 0.4) is 0 Å². The molecular formula is C15H12N6. The zero-order valence-electron chi connectivity index (χ0n) is 11.2. The lowest BCUT2D eigenvalue weighted by Crippen LogP contribution is -2.10. The smallest absolute Gasteiger partial charge is 0.137 e. The normalized spacial score (nSPS) is 11.0. The minimum absolute atomic E-state index is 0.486. The number of hydrogen-bond acceptors (Lipinski definition) is 4. The highest BCUT2D eigenvalue weighted by Gasteiger charge is 2.06. The van der Waals surface area contributed by atoms with Gasteiger partial charge in [-0.2, -0.15) is 0 Å². The summed E-state index contributed by atoms with van der Waals surface area (Å²) in [6.45, 7) is 0.486. The molecule has 0 amide bonds. The van der Waals surface area contributed by atoms with Crippen molar-refractivity contribution in [2.75, 3.05) is 0 Å². The summed E-state index contributed by atoms with van der Waals surface area (Å²) in [6.07, 6.45) is 1.91. The molecule has 0 radical (unpaired) electrons. The van der Waals surface area contributed by atoms with Crippen molar-refractivity contribution < 1.29 is 0 Å². The Labute approximate surface area is 120 Å². The van der Waals surface area contributed by atoms with Gasteiger partial charge in [0.2, 0.25) is 0 Å². The van der Waals surface area contributed by atoms with Crippen LogP contribution in [0.15, 0.2) is 60.8 Å². The number of benzene rings is 2. The first-order valence-corrected chi connectivity index (χ1v) is 6.64. The average Bonchev–Trinajstić information content (AvgIpc) is 3.17. The second-order valence-electron chi connectivity index (χ2n) is 4.73. The summed E-state index contributed by atoms with van der Waals surface area (Å²) < 4.78 is 3.56. The van der Waals surface area contributed by atoms with Gasteiger partial charge in [-0.25, -0.2) is 9.36 Å². The first-order chi connectivity index (χ1) is 10.4. The van der Waals surface area contributed by atoms with Crippen molar-refractivity contribution in [1.29, 1.82) is 0 Å². The molecule has 2 aromatic carbocycles. The van der Waals surface area contributed by atoms with Crippen molar-refractivity contribution in [3.8, 4) is 11.3 Å². The Hall–Kier alpha value is -3.02. The highest BCUT2D eigenvalue weighted by Crippen LogP contribution is 2.15. The summed E-state index contributed by atoms with van der Waals surface area (Å²) in [5, 5.41) is 16.6. The fraction of sp³-hybridized carbons (Fsp3) is 0.0667. The maximum absolute atomic E-state index is 4.20. The van der Waals surface area contributed by atoms with E-state index < -0.39 is 0 Å². The van der Waals surface area contributed by atoms with Crippen LogP contribution < -0.4 is 0 Å². The van der Waals surface area contributed by atoms with Crippen molar-refractivity contribution in [2.24, 2.45) is 0 Å². The van der Waals surface area contributed by atoms with Crippen molar-refractivity contribution in [1.82, 2.24) is 30.0 Å². The summed E-state index contributed by atoms with van der Waals surface area (Å²) in [4.78, 5) is 0. The zero-order chi connectivity index (χ0) is 14.1. The Morgan fingerprint density at radius 2 is 1.62 bits per heavy atom. The molecule has 21 heavy (non-hydrogen) atoms. The molecule has 0 saturated heterocycles. The third kappa shape index (κ3) is 2.16. The molecule has 6 heteroatoms. The highest BCUT2D eigenvalue weighted by molar-refractivity contribution is 5.73. The van der Waals surface area contributed by atoms with E-state index in [1.165, 1.54) is 0 Å². The van der Waals surface area contributed by atoms with E-state index in [1.807, 2.05) is 60.8 Å². The molecule has 0 N–H and O–H groups in total. The minimum Gasteiger partial charge on any atom is -0.230 e. The van der Waals surface area contributed by atoms with Crippen molar-refractivity contribution >= 4 is 11.0 Å². The molecule has 0 spiro atoms. The van der Waals surface area contributed by atoms with Gasteiger partial charge in [0.05, 0.1) is 11.7 Å². The maximum atomic E-state index is 4.20. The average molecular weight is 276 g/mol. The number of rotatable bonds is 3. The molecule has 0 aliphatic carbocycles. The molecule has 0 aliphatic rings. The monoisotopic (exact) mass is 276 g/mol. The number of para-hydroxylation sites is 1. The van der Waals surface area contributed by atoms with Gasteiger partial charge in [-0.1, -0.05) is 52.9 Å². The number of hydrogen-bond donors (Lipinski definition) is 0. The van der Waals surface area contributed by atoms with E-state index in [9.17, 15) is 0 Å². The van der Waals surface area contributed by atoms with Crippen molar-refractivity contribution in [2.45, 2.75) is 6.67 Å². The van der Waals surface area contributed by atoms with Crippen LogP contribution in [0.2, 0.25) is 0 Å². The molecule has 6 nitrogen and oxygen atoms in total. The van der Waals surface area contributed by atoms with E-state index >= 15 is 0 Å². The van der Waals surface area contributed by atoms with Gasteiger partial charge in [-0.05, 0) is 12.1 Å². The third-order valence-electron chi connectivity index (χ3n) is 3.31. The van der Waals surface area contributed by atoms with Crippen LogP contribution in [-0.2, 0) is 6.67 Å². The van der Waals surface area contributed by atoms with E-state index in [0.29, 0.717) is 6.67 Å². The van der Waals surface area contributed by atoms with Gasteiger partial charge >= 0.3 is 0 Å². The van der Waals surface area contributed by atoms with Gasteiger partial charge < -0.3 is 0 Å². The summed E-state index contributed by atoms with van der Waals surface area (Å²) >= 11 is 0. The fourth-order valence-corrected chi connectivity index (χ4v) is 2.27. The summed E-state index contributed by atoms with van der Waals surface area (Å²) in [5.41, 5.74) is 3.75. The molecule has 2 heterocycles. The first kappa shape index (κ1) is 11.8. The van der Waals surface area contributed by atoms with Crippen molar-refractivity contribution in [3.63, 3.8) is 0 Å². The number of fused-ring (bicyclic) bond motifs is 1. The lowest BCUT2D eigenvalue weighted by Gasteiger charge is -2.00. The van der Waals surface area contributed by atoms with Crippen LogP contribution >= 0.6 is 0 Å². The van der Waals surface area contributed by atoms with Crippen LogP contribution in [0.4, 0.5) is 0 Å². The quantitative estimate of drug-likeness (QED) is 0.575. The van der Waals surface area contributed by atoms with Crippen LogP contribution in [0, 0.1) is 0 Å². The SMILES string of the molecule is c1ccc(-c2cn(Cn3nnc4ccccc43)nn2)cc1. The molecule has 102 valence electrons. The topological polar surface area (TPSA) is 61.4 Å². The third-order valence-corrected chi connectivity index (χ3v) is 3.31. The molecule has 0 aliphatic heterocycles. The molecule has 2 aromatic heterocycles. The van der Waals surface area contributed by atoms with E-state index in [-0.39, 0.29) is 0 Å². The van der Waals surface area contributed by atoms with E-state index in [0.717, 1.165) is 22.3 Å². The first-order valence-electron chi connectivity index (χ1n) is 6.64. The van der Waals surface area contributed by atoms with Gasteiger partial charge in [-0.3, -0.25) is 0 Å². The Morgan fingerprint density at radius 3 is 2.52 bits per heavy atom. The summed E-state index contributed by atoms with van der Waals surface area (Å²) in [7, 11) is 0. The summed E-state index contributed by atoms with van der Waals surface area (Å²) in [6, 6.07) is 17.8. The predicted octanol–water partition coefficient (Wildman–Crippen LogP) is 2.20. The Morgan fingerprint density at radius 1 is 0.810 bits per heavy atom. The van der Waals surface area contributed by atoms with Gasteiger partial charge in [-0.15, -0.1) is 10.2 Å². The largest absolute Gasteiger partial charge is 0.230 e. The van der Waals surface area contributed by atoms with E-state index in [2.05, 4.69) is 20.6 Å². The Kier molecular flexibility index (Phi) is 2.71. The minimum atomic E-state index is 0.486. The van der Waals surface area contributed by atoms with E-state index in [4.69, 9.17) is 0 Å². The molecule has 0 unspecified atom stereocenters. The van der Waals surface area contributed by atoms with Gasteiger partial charge in [0.25, 0.3) is 0 Å². The standard InChI is InChI=1S/C15H12N6/c1-2-6-12(7-3-1)14-10-20(18-17-14)11-21-15-9-5-4-8-13(15)16-19-21/h1-10H,11H2. The highest BCUT2D eigenvalue weighted by atomic mass is 15.5. The molecule has 0 saturated carbocycles. The molecular weight excluding hydrogens is 264 g/mol. The lowest BCUT2D eigenvalue weighted by atomic mass is 10.2. The molecule has 4 aromatic rings. The maximum Gasteiger partial charge on any atom is 0.137 e. The fourth-order valence-electron chi connectivity index (χ4n) is 2.27.